The van der Waals surface area contributed by atoms with Gasteiger partial charge < -0.3 is 28.7 Å². The molecule has 0 unspecified atom stereocenters. The molecule has 8 heteroatoms. The molecule has 5 rings (SSSR count). The molecule has 1 aliphatic rings. The number of hydrogen-bond donors (Lipinski definition) is 1. The Bertz CT molecular complexity index is 1350. The summed E-state index contributed by atoms with van der Waals surface area (Å²) in [7, 11) is 4.83. The van der Waals surface area contributed by atoms with Crippen molar-refractivity contribution in [1.82, 2.24) is 4.90 Å². The maximum Gasteiger partial charge on any atom is 0.238 e. The van der Waals surface area contributed by atoms with Crippen LogP contribution in [0.5, 0.6) is 23.0 Å². The second kappa shape index (κ2) is 10.4. The van der Waals surface area contributed by atoms with E-state index in [-0.39, 0.29) is 18.6 Å². The number of carbonyl (C=O) groups is 1. The van der Waals surface area contributed by atoms with E-state index in [9.17, 15) is 4.79 Å². The number of piperidine rings is 1. The van der Waals surface area contributed by atoms with Gasteiger partial charge in [0.2, 0.25) is 11.7 Å². The van der Waals surface area contributed by atoms with E-state index in [4.69, 9.17) is 23.4 Å². The zero-order valence-electron chi connectivity index (χ0n) is 20.7. The number of nitrogens with one attached hydrogen (secondary N) is 1. The van der Waals surface area contributed by atoms with Crippen LogP contribution in [0.25, 0.3) is 21.9 Å². The highest BCUT2D eigenvalue weighted by molar-refractivity contribution is 6.07. The molecule has 1 saturated heterocycles. The molecule has 0 bridgehead atoms. The van der Waals surface area contributed by atoms with Gasteiger partial charge in [0.25, 0.3) is 0 Å². The SMILES string of the molecule is COc1cc2c(cc1NC(=O)CN1CCC(Oc3c(OC)cccc3OC)CC1)oc1ccccc12. The van der Waals surface area contributed by atoms with Gasteiger partial charge in [0.1, 0.15) is 23.0 Å². The van der Waals surface area contributed by atoms with Crippen molar-refractivity contribution in [3.8, 4) is 23.0 Å². The van der Waals surface area contributed by atoms with Crippen LogP contribution in [0.2, 0.25) is 0 Å². The van der Waals surface area contributed by atoms with Crippen LogP contribution in [0.4, 0.5) is 5.69 Å². The van der Waals surface area contributed by atoms with Crippen molar-refractivity contribution in [2.75, 3.05) is 46.3 Å². The van der Waals surface area contributed by atoms with Crippen molar-refractivity contribution in [3.05, 3.63) is 54.6 Å². The molecule has 8 nitrogen and oxygen atoms in total. The topological polar surface area (TPSA) is 82.4 Å². The summed E-state index contributed by atoms with van der Waals surface area (Å²) in [6, 6.07) is 17.2. The fourth-order valence-electron chi connectivity index (χ4n) is 4.70. The van der Waals surface area contributed by atoms with Gasteiger partial charge >= 0.3 is 0 Å². The second-order valence-corrected chi connectivity index (χ2v) is 8.78. The third-order valence-electron chi connectivity index (χ3n) is 6.54. The molecule has 36 heavy (non-hydrogen) atoms. The van der Waals surface area contributed by atoms with E-state index < -0.39 is 0 Å². The number of nitrogens with zero attached hydrogens (tertiary/aromatic N) is 1. The number of anilines is 1. The molecule has 0 aliphatic carbocycles. The molecule has 1 aromatic heterocycles. The first-order chi connectivity index (χ1) is 17.6. The van der Waals surface area contributed by atoms with Crippen molar-refractivity contribution in [1.29, 1.82) is 0 Å². The molecule has 0 atom stereocenters. The summed E-state index contributed by atoms with van der Waals surface area (Å²) in [5.74, 6) is 2.40. The summed E-state index contributed by atoms with van der Waals surface area (Å²) in [4.78, 5) is 15.0. The Labute approximate surface area is 209 Å². The zero-order valence-corrected chi connectivity index (χ0v) is 20.7. The van der Waals surface area contributed by atoms with Crippen molar-refractivity contribution < 1.29 is 28.2 Å². The van der Waals surface area contributed by atoms with Gasteiger partial charge in [-0.1, -0.05) is 24.3 Å². The number of furan rings is 1. The predicted molar refractivity (Wildman–Crippen MR) is 139 cm³/mol. The number of hydrogen-bond acceptors (Lipinski definition) is 7. The number of carbonyl (C=O) groups excluding carboxylic acids is 1. The predicted octanol–water partition coefficient (Wildman–Crippen LogP) is 5.09. The molecule has 188 valence electrons. The molecule has 0 radical (unpaired) electrons. The van der Waals surface area contributed by atoms with Crippen molar-refractivity contribution in [2.45, 2.75) is 18.9 Å². The lowest BCUT2D eigenvalue weighted by atomic mass is 10.1. The molecule has 3 aromatic carbocycles. The van der Waals surface area contributed by atoms with Crippen LogP contribution in [0, 0.1) is 0 Å². The number of likely N-dealkylation sites (tertiary alicyclic amines) is 1. The van der Waals surface area contributed by atoms with Gasteiger partial charge in [0.15, 0.2) is 11.5 Å². The molecule has 0 spiro atoms. The Morgan fingerprint density at radius 1 is 0.889 bits per heavy atom. The molecule has 4 aromatic rings. The monoisotopic (exact) mass is 490 g/mol. The van der Waals surface area contributed by atoms with Crippen LogP contribution in [-0.4, -0.2) is 57.9 Å². The Kier molecular flexibility index (Phi) is 6.86. The lowest BCUT2D eigenvalue weighted by molar-refractivity contribution is -0.117. The van der Waals surface area contributed by atoms with E-state index in [0.29, 0.717) is 34.3 Å². The van der Waals surface area contributed by atoms with Gasteiger partial charge in [-0.05, 0) is 37.1 Å². The Hall–Kier alpha value is -3.91. The summed E-state index contributed by atoms with van der Waals surface area (Å²) >= 11 is 0. The molecule has 1 aliphatic heterocycles. The molecule has 0 saturated carbocycles. The molecule has 1 amide bonds. The first-order valence-electron chi connectivity index (χ1n) is 12.0. The van der Waals surface area contributed by atoms with Gasteiger partial charge in [-0.25, -0.2) is 0 Å². The maximum atomic E-state index is 12.9. The average molecular weight is 491 g/mol. The molecule has 1 fully saturated rings. The van der Waals surface area contributed by atoms with Gasteiger partial charge in [-0.2, -0.15) is 0 Å². The van der Waals surface area contributed by atoms with Crippen LogP contribution < -0.4 is 24.3 Å². The number of rotatable bonds is 8. The number of methoxy groups -OCH3 is 3. The number of benzene rings is 3. The largest absolute Gasteiger partial charge is 0.495 e. The number of para-hydroxylation sites is 2. The van der Waals surface area contributed by atoms with Gasteiger partial charge in [-0.3, -0.25) is 9.69 Å². The maximum absolute atomic E-state index is 12.9. The highest BCUT2D eigenvalue weighted by Crippen LogP contribution is 2.39. The van der Waals surface area contributed by atoms with E-state index >= 15 is 0 Å². The third kappa shape index (κ3) is 4.77. The Balaban J connectivity index is 1.21. The fraction of sp³-hybridized carbons (Fsp3) is 0.321. The van der Waals surface area contributed by atoms with Crippen molar-refractivity contribution in [2.24, 2.45) is 0 Å². The minimum absolute atomic E-state index is 0.0186. The quantitative estimate of drug-likeness (QED) is 0.368. The first-order valence-corrected chi connectivity index (χ1v) is 12.0. The van der Waals surface area contributed by atoms with Gasteiger partial charge in [0, 0.05) is 29.9 Å². The van der Waals surface area contributed by atoms with Gasteiger partial charge in [-0.15, -0.1) is 0 Å². The average Bonchev–Trinajstić information content (AvgIpc) is 3.26. The highest BCUT2D eigenvalue weighted by atomic mass is 16.5. The highest BCUT2D eigenvalue weighted by Gasteiger charge is 2.25. The smallest absolute Gasteiger partial charge is 0.238 e. The fourth-order valence-corrected chi connectivity index (χ4v) is 4.70. The van der Waals surface area contributed by atoms with E-state index in [1.54, 1.807) is 21.3 Å². The normalized spacial score (nSPS) is 14.6. The third-order valence-corrected chi connectivity index (χ3v) is 6.54. The molecule has 1 N–H and O–H groups in total. The van der Waals surface area contributed by atoms with E-state index in [2.05, 4.69) is 10.2 Å². The van der Waals surface area contributed by atoms with Crippen LogP contribution in [0.3, 0.4) is 0 Å². The Morgan fingerprint density at radius 3 is 2.28 bits per heavy atom. The molecular formula is C28H30N2O6. The van der Waals surface area contributed by atoms with Crippen LogP contribution in [0.1, 0.15) is 12.8 Å². The number of ether oxygens (including phenoxy) is 4. The van der Waals surface area contributed by atoms with E-state index in [1.165, 1.54) is 0 Å². The van der Waals surface area contributed by atoms with Crippen LogP contribution in [-0.2, 0) is 4.79 Å². The lowest BCUT2D eigenvalue weighted by Crippen LogP contribution is -2.42. The van der Waals surface area contributed by atoms with Gasteiger partial charge in [0.05, 0.1) is 33.6 Å². The molecular weight excluding hydrogens is 460 g/mol. The Morgan fingerprint density at radius 2 is 1.58 bits per heavy atom. The summed E-state index contributed by atoms with van der Waals surface area (Å²) in [6.07, 6.45) is 1.61. The standard InChI is InChI=1S/C28H30N2O6/c1-32-23-9-6-10-24(33-2)28(23)35-18-11-13-30(14-12-18)17-27(31)29-21-16-25-20(15-26(21)34-3)19-7-4-5-8-22(19)36-25/h4-10,15-16,18H,11-14,17H2,1-3H3,(H,29,31). The van der Waals surface area contributed by atoms with Crippen LogP contribution in [0.15, 0.2) is 59.0 Å². The molecule has 2 heterocycles. The summed E-state index contributed by atoms with van der Waals surface area (Å²) in [6.45, 7) is 1.77. The zero-order chi connectivity index (χ0) is 25.1. The lowest BCUT2D eigenvalue weighted by Gasteiger charge is -2.32. The summed E-state index contributed by atoms with van der Waals surface area (Å²) in [5.41, 5.74) is 2.10. The first kappa shape index (κ1) is 23.8. The second-order valence-electron chi connectivity index (χ2n) is 8.78. The minimum Gasteiger partial charge on any atom is -0.495 e. The minimum atomic E-state index is -0.102. The van der Waals surface area contributed by atoms with E-state index in [0.717, 1.165) is 42.3 Å². The van der Waals surface area contributed by atoms with Crippen molar-refractivity contribution >= 4 is 33.5 Å². The van der Waals surface area contributed by atoms with Crippen LogP contribution >= 0.6 is 0 Å². The number of fused-ring (bicyclic) bond motifs is 3. The van der Waals surface area contributed by atoms with E-state index in [1.807, 2.05) is 54.6 Å². The summed E-state index contributed by atoms with van der Waals surface area (Å²) in [5, 5.41) is 4.96. The summed E-state index contributed by atoms with van der Waals surface area (Å²) < 4.78 is 28.6. The number of amides is 1. The van der Waals surface area contributed by atoms with Crippen molar-refractivity contribution in [3.63, 3.8) is 0 Å².